The van der Waals surface area contributed by atoms with Crippen molar-refractivity contribution < 1.29 is 13.5 Å². The third kappa shape index (κ3) is 4.03. The lowest BCUT2D eigenvalue weighted by Crippen LogP contribution is -2.43. The van der Waals surface area contributed by atoms with Gasteiger partial charge in [-0.05, 0) is 38.1 Å². The molecule has 0 bridgehead atoms. The lowest BCUT2D eigenvalue weighted by Gasteiger charge is -2.25. The Labute approximate surface area is 116 Å². The summed E-state index contributed by atoms with van der Waals surface area (Å²) in [5, 5.41) is 7.14. The quantitative estimate of drug-likeness (QED) is 0.875. The van der Waals surface area contributed by atoms with Gasteiger partial charge in [-0.25, -0.2) is 0 Å². The predicted molar refractivity (Wildman–Crippen MR) is 70.8 cm³/mol. The minimum absolute atomic E-state index is 0.0234. The van der Waals surface area contributed by atoms with Crippen molar-refractivity contribution >= 4 is 11.6 Å². The molecule has 1 aromatic rings. The molecule has 6 heteroatoms. The first-order chi connectivity index (χ1) is 8.98. The molecular formula is C13H17ClF2N2O. The fourth-order valence-corrected chi connectivity index (χ4v) is 2.37. The molecule has 0 spiro atoms. The van der Waals surface area contributed by atoms with Crippen molar-refractivity contribution in [3.05, 3.63) is 28.8 Å². The number of alkyl halides is 2. The van der Waals surface area contributed by atoms with Gasteiger partial charge in [0, 0.05) is 29.2 Å². The number of hydrogen-bond acceptors (Lipinski definition) is 3. The molecule has 0 aromatic heterocycles. The highest BCUT2D eigenvalue weighted by atomic mass is 35.5. The number of halogens is 3. The summed E-state index contributed by atoms with van der Waals surface area (Å²) in [4.78, 5) is 0. The van der Waals surface area contributed by atoms with E-state index in [2.05, 4.69) is 22.3 Å². The molecule has 1 atom stereocenters. The first-order valence-electron chi connectivity index (χ1n) is 6.17. The van der Waals surface area contributed by atoms with Gasteiger partial charge in [-0.3, -0.25) is 0 Å². The van der Waals surface area contributed by atoms with E-state index in [9.17, 15) is 8.78 Å². The smallest absolute Gasteiger partial charge is 0.387 e. The Hall–Kier alpha value is -0.910. The fraction of sp³-hybridized carbons (Fsp3) is 0.538. The number of hydrogen-bond donors (Lipinski definition) is 2. The summed E-state index contributed by atoms with van der Waals surface area (Å²) in [5.41, 5.74) is 0.616. The lowest BCUT2D eigenvalue weighted by molar-refractivity contribution is -0.0505. The lowest BCUT2D eigenvalue weighted by atomic mass is 10.0. The van der Waals surface area contributed by atoms with Crippen molar-refractivity contribution in [3.8, 4) is 5.75 Å². The van der Waals surface area contributed by atoms with Gasteiger partial charge in [0.25, 0.3) is 0 Å². The molecule has 1 aliphatic heterocycles. The Balaban J connectivity index is 2.07. The van der Waals surface area contributed by atoms with E-state index in [1.54, 1.807) is 12.1 Å². The summed E-state index contributed by atoms with van der Waals surface area (Å²) in [7, 11) is 0. The van der Waals surface area contributed by atoms with Crippen molar-refractivity contribution in [2.24, 2.45) is 0 Å². The number of ether oxygens (including phenoxy) is 1. The van der Waals surface area contributed by atoms with E-state index in [0.717, 1.165) is 19.5 Å². The molecule has 1 unspecified atom stereocenters. The molecule has 106 valence electrons. The minimum atomic E-state index is -2.83. The maximum Gasteiger partial charge on any atom is 0.387 e. The summed E-state index contributed by atoms with van der Waals surface area (Å²) >= 11 is 5.90. The predicted octanol–water partition coefficient (Wildman–Crippen LogP) is 2.78. The van der Waals surface area contributed by atoms with Crippen LogP contribution in [0.15, 0.2) is 18.2 Å². The van der Waals surface area contributed by atoms with Gasteiger partial charge in [0.15, 0.2) is 0 Å². The maximum atomic E-state index is 12.3. The van der Waals surface area contributed by atoms with Crippen LogP contribution in [0.3, 0.4) is 0 Å². The second-order valence-electron chi connectivity index (χ2n) is 4.97. The minimum Gasteiger partial charge on any atom is -0.434 e. The van der Waals surface area contributed by atoms with Gasteiger partial charge in [-0.1, -0.05) is 11.6 Å². The van der Waals surface area contributed by atoms with Gasteiger partial charge in [-0.2, -0.15) is 8.78 Å². The average Bonchev–Trinajstić information content (AvgIpc) is 2.77. The van der Waals surface area contributed by atoms with Crippen LogP contribution in [0.5, 0.6) is 5.75 Å². The van der Waals surface area contributed by atoms with Gasteiger partial charge in [-0.15, -0.1) is 0 Å². The molecule has 1 aromatic carbocycles. The molecule has 1 fully saturated rings. The topological polar surface area (TPSA) is 33.3 Å². The molecule has 0 radical (unpaired) electrons. The van der Waals surface area contributed by atoms with Gasteiger partial charge in [0.2, 0.25) is 0 Å². The van der Waals surface area contributed by atoms with Crippen molar-refractivity contribution in [2.45, 2.75) is 32.0 Å². The first-order valence-corrected chi connectivity index (χ1v) is 6.55. The van der Waals surface area contributed by atoms with E-state index in [0.29, 0.717) is 17.1 Å². The van der Waals surface area contributed by atoms with Crippen molar-refractivity contribution in [1.29, 1.82) is 0 Å². The second-order valence-corrected chi connectivity index (χ2v) is 5.41. The molecule has 1 aliphatic rings. The van der Waals surface area contributed by atoms with Crippen LogP contribution in [0.25, 0.3) is 0 Å². The highest BCUT2D eigenvalue weighted by Gasteiger charge is 2.27. The van der Waals surface area contributed by atoms with Crippen LogP contribution in [0.2, 0.25) is 5.02 Å². The molecular weight excluding hydrogens is 274 g/mol. The molecule has 0 aliphatic carbocycles. The Morgan fingerprint density at radius 1 is 1.53 bits per heavy atom. The molecule has 2 rings (SSSR count). The van der Waals surface area contributed by atoms with E-state index in [1.165, 1.54) is 6.07 Å². The van der Waals surface area contributed by atoms with Crippen LogP contribution in [0.1, 0.15) is 18.9 Å². The van der Waals surface area contributed by atoms with E-state index in [4.69, 9.17) is 11.6 Å². The Kier molecular flexibility index (Phi) is 4.60. The van der Waals surface area contributed by atoms with Gasteiger partial charge < -0.3 is 15.4 Å². The van der Waals surface area contributed by atoms with Gasteiger partial charge in [0.1, 0.15) is 5.75 Å². The van der Waals surface area contributed by atoms with Crippen LogP contribution in [-0.2, 0) is 6.54 Å². The largest absolute Gasteiger partial charge is 0.434 e. The van der Waals surface area contributed by atoms with Crippen LogP contribution in [0, 0.1) is 0 Å². The van der Waals surface area contributed by atoms with Crippen LogP contribution < -0.4 is 15.4 Å². The summed E-state index contributed by atoms with van der Waals surface area (Å²) in [6, 6.07) is 4.67. The number of nitrogens with one attached hydrogen (secondary N) is 2. The van der Waals surface area contributed by atoms with Crippen molar-refractivity contribution in [1.82, 2.24) is 10.6 Å². The molecule has 2 N–H and O–H groups in total. The Morgan fingerprint density at radius 3 is 2.95 bits per heavy atom. The zero-order chi connectivity index (χ0) is 13.9. The highest BCUT2D eigenvalue weighted by Crippen LogP contribution is 2.25. The summed E-state index contributed by atoms with van der Waals surface area (Å²) in [6.45, 7) is 1.54. The summed E-state index contributed by atoms with van der Waals surface area (Å²) < 4.78 is 29.2. The normalized spacial score (nSPS) is 23.0. The highest BCUT2D eigenvalue weighted by molar-refractivity contribution is 6.30. The van der Waals surface area contributed by atoms with E-state index in [1.807, 2.05) is 0 Å². The molecule has 0 saturated carbocycles. The van der Waals surface area contributed by atoms with Gasteiger partial charge >= 0.3 is 6.61 Å². The number of benzene rings is 1. The third-order valence-corrected chi connectivity index (χ3v) is 3.55. The van der Waals surface area contributed by atoms with Gasteiger partial charge in [0.05, 0.1) is 0 Å². The van der Waals surface area contributed by atoms with Crippen molar-refractivity contribution in [3.63, 3.8) is 0 Å². The molecule has 1 saturated heterocycles. The van der Waals surface area contributed by atoms with Crippen LogP contribution >= 0.6 is 11.6 Å². The number of rotatable bonds is 5. The zero-order valence-corrected chi connectivity index (χ0v) is 11.4. The van der Waals surface area contributed by atoms with Crippen molar-refractivity contribution in [2.75, 3.05) is 13.1 Å². The third-order valence-electron chi connectivity index (χ3n) is 3.31. The molecule has 3 nitrogen and oxygen atoms in total. The summed E-state index contributed by atoms with van der Waals surface area (Å²) in [5.74, 6) is 0.168. The van der Waals surface area contributed by atoms with Crippen LogP contribution in [-0.4, -0.2) is 25.2 Å². The maximum absolute atomic E-state index is 12.3. The van der Waals surface area contributed by atoms with E-state index < -0.39 is 6.61 Å². The molecule has 0 amide bonds. The fourth-order valence-electron chi connectivity index (χ4n) is 2.17. The standard InChI is InChI=1S/C13H17ClF2N2O/c1-13(4-5-17-8-13)18-7-9-6-10(14)2-3-11(9)19-12(15)16/h2-3,6,12,17-18H,4-5,7-8H2,1H3. The zero-order valence-electron chi connectivity index (χ0n) is 10.7. The first kappa shape index (κ1) is 14.5. The van der Waals surface area contributed by atoms with E-state index in [-0.39, 0.29) is 11.3 Å². The Bertz CT molecular complexity index is 437. The summed E-state index contributed by atoms with van der Waals surface area (Å²) in [6.07, 6.45) is 0.999. The van der Waals surface area contributed by atoms with E-state index >= 15 is 0 Å². The molecule has 19 heavy (non-hydrogen) atoms. The second kappa shape index (κ2) is 6.03. The molecule has 1 heterocycles. The van der Waals surface area contributed by atoms with Crippen LogP contribution in [0.4, 0.5) is 8.78 Å². The monoisotopic (exact) mass is 290 g/mol. The Morgan fingerprint density at radius 2 is 2.32 bits per heavy atom. The average molecular weight is 291 g/mol. The SMILES string of the molecule is CC1(NCc2cc(Cl)ccc2OC(F)F)CCNC1.